The molecule has 2 heterocycles. The Bertz CT molecular complexity index is 2290. The van der Waals surface area contributed by atoms with Crippen LogP contribution >= 0.6 is 7.60 Å². The zero-order valence-corrected chi connectivity index (χ0v) is 32.4. The number of aromatic amines is 1. The predicted octanol–water partition coefficient (Wildman–Crippen LogP) is 2.47. The van der Waals surface area contributed by atoms with Crippen LogP contribution in [0.3, 0.4) is 0 Å². The Balaban J connectivity index is 1.48. The summed E-state index contributed by atoms with van der Waals surface area (Å²) in [6.45, 7) is -0.262. The molecule has 0 bridgehead atoms. The maximum atomic E-state index is 13.9. The van der Waals surface area contributed by atoms with Gasteiger partial charge in [-0.2, -0.15) is 4.73 Å². The van der Waals surface area contributed by atoms with E-state index < -0.39 is 68.3 Å². The summed E-state index contributed by atoms with van der Waals surface area (Å²) >= 11 is 0. The number of nitrogens with zero attached hydrogens (tertiary/aromatic N) is 2. The third-order valence-corrected chi connectivity index (χ3v) is 9.95. The first-order chi connectivity index (χ1) is 27.3. The van der Waals surface area contributed by atoms with Crippen molar-refractivity contribution in [1.29, 1.82) is 0 Å². The molecule has 0 spiro atoms. The molecule has 0 aliphatic heterocycles. The smallest absolute Gasteiger partial charge is 0.347 e. The van der Waals surface area contributed by atoms with Crippen molar-refractivity contribution in [3.8, 4) is 17.2 Å². The van der Waals surface area contributed by atoms with Crippen molar-refractivity contribution in [2.24, 2.45) is 0 Å². The van der Waals surface area contributed by atoms with Gasteiger partial charge in [0.15, 0.2) is 6.20 Å². The summed E-state index contributed by atoms with van der Waals surface area (Å²) in [5.41, 5.74) is -0.906. The Morgan fingerprint density at radius 2 is 1.47 bits per heavy atom. The van der Waals surface area contributed by atoms with Gasteiger partial charge in [0.05, 0.1) is 34.0 Å². The number of H-pyrrole nitrogens is 1. The van der Waals surface area contributed by atoms with Crippen LogP contribution in [0.15, 0.2) is 113 Å². The van der Waals surface area contributed by atoms with Crippen molar-refractivity contribution < 1.29 is 47.2 Å². The van der Waals surface area contributed by atoms with Gasteiger partial charge in [-0.3, -0.25) is 33.0 Å². The molecule has 300 valence electrons. The van der Waals surface area contributed by atoms with Crippen LogP contribution in [0.4, 0.5) is 0 Å². The highest BCUT2D eigenvalue weighted by molar-refractivity contribution is 7.52. The van der Waals surface area contributed by atoms with Crippen molar-refractivity contribution in [1.82, 2.24) is 20.2 Å². The molecule has 2 amide bonds. The second-order valence-electron chi connectivity index (χ2n) is 12.6. The van der Waals surface area contributed by atoms with E-state index in [9.17, 15) is 33.8 Å². The van der Waals surface area contributed by atoms with E-state index in [0.29, 0.717) is 38.7 Å². The van der Waals surface area contributed by atoms with Gasteiger partial charge in [0.2, 0.25) is 17.5 Å². The van der Waals surface area contributed by atoms with Gasteiger partial charge in [-0.15, -0.1) is 0 Å². The third kappa shape index (κ3) is 10.3. The second kappa shape index (κ2) is 18.6. The quantitative estimate of drug-likeness (QED) is 0.0434. The lowest BCUT2D eigenvalue weighted by Gasteiger charge is -2.37. The second-order valence-corrected chi connectivity index (χ2v) is 14.5. The van der Waals surface area contributed by atoms with Gasteiger partial charge in [-0.05, 0) is 47.9 Å². The van der Waals surface area contributed by atoms with Gasteiger partial charge in [-0.25, -0.2) is 4.79 Å². The standard InChI is InChI=1S/C39H42N5O12P/c1-26-21-43(38(48)42-36(26)46)22-35(45)41-34(37(47)40-25-57(50,51)56-23-30-20-33(54-4)18-19-44(30)49)24-55-39(27-8-6-5-7-9-27,28-10-14-31(52-2)15-11-28)29-12-16-32(53-3)17-13-29/h5-21,34H,22-25H2,1-4H3,(H,40,47)(H,41,45)(H,50,51)(H,42,46,48)/t34-/m0/s1. The molecule has 2 atom stereocenters. The molecular formula is C39H42N5O12P. The molecule has 0 fully saturated rings. The number of hydrogen-bond acceptors (Lipinski definition) is 11. The molecule has 3 aromatic carbocycles. The summed E-state index contributed by atoms with van der Waals surface area (Å²) in [6.07, 6.45) is 1.43. The van der Waals surface area contributed by atoms with Crippen molar-refractivity contribution in [2.45, 2.75) is 31.7 Å². The minimum Gasteiger partial charge on any atom is -0.618 e. The lowest BCUT2D eigenvalue weighted by atomic mass is 9.80. The highest BCUT2D eigenvalue weighted by Crippen LogP contribution is 2.43. The molecule has 2 aromatic heterocycles. The number of aryl methyl sites for hydroxylation is 1. The third-order valence-electron chi connectivity index (χ3n) is 8.86. The Kier molecular flexibility index (Phi) is 13.7. The Hall–Kier alpha value is -6.26. The summed E-state index contributed by atoms with van der Waals surface area (Å²) in [5.74, 6) is -0.319. The molecule has 4 N–H and O–H groups in total. The number of aromatic nitrogens is 3. The van der Waals surface area contributed by atoms with Crippen LogP contribution in [0.5, 0.6) is 17.2 Å². The lowest BCUT2D eigenvalue weighted by Crippen LogP contribution is -2.52. The molecular weight excluding hydrogens is 761 g/mol. The Labute approximate surface area is 326 Å². The summed E-state index contributed by atoms with van der Waals surface area (Å²) in [4.78, 5) is 64.6. The lowest BCUT2D eigenvalue weighted by molar-refractivity contribution is -0.616. The number of amides is 2. The number of carbonyl (C=O) groups excluding carboxylic acids is 2. The molecule has 0 radical (unpaired) electrons. The van der Waals surface area contributed by atoms with Crippen LogP contribution in [0.25, 0.3) is 0 Å². The fraction of sp³-hybridized carbons (Fsp3) is 0.256. The van der Waals surface area contributed by atoms with Crippen LogP contribution in [-0.4, -0.2) is 66.5 Å². The van der Waals surface area contributed by atoms with E-state index in [4.69, 9.17) is 23.5 Å². The average molecular weight is 804 g/mol. The molecule has 17 nitrogen and oxygen atoms in total. The highest BCUT2D eigenvalue weighted by atomic mass is 31.2. The summed E-state index contributed by atoms with van der Waals surface area (Å²) in [6, 6.07) is 24.5. The van der Waals surface area contributed by atoms with Crippen LogP contribution < -0.4 is 40.8 Å². The first-order valence-electron chi connectivity index (χ1n) is 17.4. The van der Waals surface area contributed by atoms with E-state index in [-0.39, 0.29) is 11.3 Å². The van der Waals surface area contributed by atoms with Gasteiger partial charge in [0.25, 0.3) is 5.56 Å². The van der Waals surface area contributed by atoms with Crippen molar-refractivity contribution >= 4 is 19.4 Å². The Morgan fingerprint density at radius 1 is 0.895 bits per heavy atom. The minimum atomic E-state index is -4.59. The zero-order chi connectivity index (χ0) is 41.2. The van der Waals surface area contributed by atoms with E-state index in [1.54, 1.807) is 48.5 Å². The maximum Gasteiger partial charge on any atom is 0.347 e. The van der Waals surface area contributed by atoms with Crippen LogP contribution in [-0.2, 0) is 42.2 Å². The minimum absolute atomic E-state index is 0.0319. The zero-order valence-electron chi connectivity index (χ0n) is 31.5. The number of rotatable bonds is 18. The van der Waals surface area contributed by atoms with Gasteiger partial charge in [-0.1, -0.05) is 54.6 Å². The normalized spacial score (nSPS) is 12.9. The molecule has 0 saturated carbocycles. The molecule has 0 aliphatic carbocycles. The van der Waals surface area contributed by atoms with Gasteiger partial charge in [0.1, 0.15) is 48.3 Å². The number of benzene rings is 3. The fourth-order valence-electron chi connectivity index (χ4n) is 5.85. The van der Waals surface area contributed by atoms with Gasteiger partial charge >= 0.3 is 13.3 Å². The predicted molar refractivity (Wildman–Crippen MR) is 206 cm³/mol. The Morgan fingerprint density at radius 3 is 2.05 bits per heavy atom. The summed E-state index contributed by atoms with van der Waals surface area (Å²) in [7, 11) is -0.144. The first-order valence-corrected chi connectivity index (χ1v) is 19.1. The number of nitrogens with one attached hydrogen (secondary N) is 3. The molecule has 18 heteroatoms. The van der Waals surface area contributed by atoms with Gasteiger partial charge in [0, 0.05) is 17.8 Å². The SMILES string of the molecule is COc1ccc(C(OC[C@H](NC(=O)Cn2cc(C)c(=O)[nH]c2=O)C(=O)NCP(=O)(O)OCc2cc(OC)cc[n+]2[O-])(c2ccccc2)c2ccc(OC)cc2)cc1. The van der Waals surface area contributed by atoms with Gasteiger partial charge < -0.3 is 39.7 Å². The highest BCUT2D eigenvalue weighted by Gasteiger charge is 2.40. The van der Waals surface area contributed by atoms with Crippen molar-refractivity contribution in [3.05, 3.63) is 157 Å². The fourth-order valence-corrected chi connectivity index (χ4v) is 6.64. The molecule has 0 aliphatic rings. The van der Waals surface area contributed by atoms with Crippen molar-refractivity contribution in [2.75, 3.05) is 34.2 Å². The molecule has 57 heavy (non-hydrogen) atoms. The van der Waals surface area contributed by atoms with Crippen LogP contribution in [0, 0.1) is 12.1 Å². The first kappa shape index (κ1) is 41.9. The molecule has 1 unspecified atom stereocenters. The van der Waals surface area contributed by atoms with Crippen LogP contribution in [0.1, 0.15) is 27.9 Å². The number of pyridine rings is 1. The summed E-state index contributed by atoms with van der Waals surface area (Å²) < 4.78 is 42.4. The van der Waals surface area contributed by atoms with Crippen LogP contribution in [0.2, 0.25) is 0 Å². The largest absolute Gasteiger partial charge is 0.618 e. The van der Waals surface area contributed by atoms with Crippen molar-refractivity contribution in [3.63, 3.8) is 0 Å². The monoisotopic (exact) mass is 803 g/mol. The van der Waals surface area contributed by atoms with E-state index in [2.05, 4.69) is 15.6 Å². The average Bonchev–Trinajstić information content (AvgIpc) is 3.22. The molecule has 5 rings (SSSR count). The number of carbonyl (C=O) groups is 2. The van der Waals surface area contributed by atoms with E-state index >= 15 is 0 Å². The molecule has 5 aromatic rings. The number of methoxy groups -OCH3 is 3. The van der Waals surface area contributed by atoms with E-state index in [1.807, 2.05) is 30.3 Å². The van der Waals surface area contributed by atoms with E-state index in [0.717, 1.165) is 10.8 Å². The number of ether oxygens (including phenoxy) is 4. The molecule has 0 saturated heterocycles. The maximum absolute atomic E-state index is 13.9. The number of hydrogen-bond donors (Lipinski definition) is 4. The topological polar surface area (TPSA) is 223 Å². The van der Waals surface area contributed by atoms with E-state index in [1.165, 1.54) is 46.6 Å². The summed E-state index contributed by atoms with van der Waals surface area (Å²) in [5, 5.41) is 17.1.